The zero-order valence-corrected chi connectivity index (χ0v) is 23.1. The first kappa shape index (κ1) is 27.3. The highest BCUT2D eigenvalue weighted by Crippen LogP contribution is 2.30. The number of fused-ring (bicyclic) bond motifs is 2. The minimum Gasteiger partial charge on any atom is -0.393 e. The van der Waals surface area contributed by atoms with Crippen molar-refractivity contribution in [2.75, 3.05) is 12.3 Å². The van der Waals surface area contributed by atoms with Crippen LogP contribution in [0.3, 0.4) is 0 Å². The summed E-state index contributed by atoms with van der Waals surface area (Å²) in [5.74, 6) is 0.472. The monoisotopic (exact) mass is 521 g/mol. The number of nitrogens with two attached hydrogens (primary N) is 1. The predicted octanol–water partition coefficient (Wildman–Crippen LogP) is 4.52. The Hall–Kier alpha value is -2.72. The van der Waals surface area contributed by atoms with Crippen molar-refractivity contribution in [3.63, 3.8) is 0 Å². The number of aryl methyl sites for hydroxylation is 1. The number of rotatable bonds is 12. The highest BCUT2D eigenvalue weighted by Gasteiger charge is 2.18. The normalized spacial score (nSPS) is 14.3. The molecule has 0 amide bonds. The van der Waals surface area contributed by atoms with Crippen LogP contribution in [-0.2, 0) is 6.54 Å². The van der Waals surface area contributed by atoms with Gasteiger partial charge in [-0.15, -0.1) is 12.6 Å². The smallest absolute Gasteiger partial charge is 0.165 e. The second-order valence-electron chi connectivity index (χ2n) is 9.92. The molecule has 3 heterocycles. The molecule has 3 unspecified atom stereocenters. The van der Waals surface area contributed by atoms with E-state index in [2.05, 4.69) is 72.3 Å². The molecule has 5 N–H and O–H groups in total. The summed E-state index contributed by atoms with van der Waals surface area (Å²) in [4.78, 5) is 10.2. The molecule has 3 aromatic heterocycles. The molecule has 4 rings (SSSR count). The lowest BCUT2D eigenvalue weighted by molar-refractivity contribution is 0.166. The van der Waals surface area contributed by atoms with Crippen LogP contribution in [0.1, 0.15) is 57.7 Å². The van der Waals surface area contributed by atoms with Crippen molar-refractivity contribution in [1.29, 1.82) is 0 Å². The molecular formula is C28H39N7OS. The Labute approximate surface area is 224 Å². The number of nitrogens with zero attached hydrogens (tertiary/aromatic N) is 4. The molecule has 8 nitrogen and oxygen atoms in total. The number of hydrogen-bond acceptors (Lipinski definition) is 8. The Kier molecular flexibility index (Phi) is 9.02. The number of aromatic nitrogens is 4. The lowest BCUT2D eigenvalue weighted by atomic mass is 10.1. The van der Waals surface area contributed by atoms with Crippen LogP contribution >= 0.6 is 12.6 Å². The SMILES string of the molecule is CCC(CCNC(CC)CC(C)O)NCc1nc2c(-c3cnc4ccc(C)cc4c3)cnn2c(N)c1S. The first-order valence-electron chi connectivity index (χ1n) is 13.2. The number of hydrogen-bond donors (Lipinski definition) is 5. The molecule has 0 aliphatic carbocycles. The number of benzene rings is 1. The van der Waals surface area contributed by atoms with Crippen molar-refractivity contribution in [2.24, 2.45) is 0 Å². The third kappa shape index (κ3) is 6.41. The lowest BCUT2D eigenvalue weighted by Gasteiger charge is -2.22. The molecule has 0 aliphatic rings. The van der Waals surface area contributed by atoms with Crippen molar-refractivity contribution in [1.82, 2.24) is 30.2 Å². The third-order valence-electron chi connectivity index (χ3n) is 6.97. The highest BCUT2D eigenvalue weighted by molar-refractivity contribution is 7.80. The van der Waals surface area contributed by atoms with E-state index in [-0.39, 0.29) is 6.10 Å². The van der Waals surface area contributed by atoms with Crippen LogP contribution in [0.15, 0.2) is 41.6 Å². The van der Waals surface area contributed by atoms with Crippen LogP contribution in [0.25, 0.3) is 27.7 Å². The Bertz CT molecular complexity index is 1350. The van der Waals surface area contributed by atoms with E-state index >= 15 is 0 Å². The summed E-state index contributed by atoms with van der Waals surface area (Å²) < 4.78 is 1.65. The summed E-state index contributed by atoms with van der Waals surface area (Å²) in [6, 6.07) is 9.01. The molecule has 37 heavy (non-hydrogen) atoms. The fourth-order valence-corrected chi connectivity index (χ4v) is 4.96. The van der Waals surface area contributed by atoms with Crippen LogP contribution in [0.5, 0.6) is 0 Å². The highest BCUT2D eigenvalue weighted by atomic mass is 32.1. The van der Waals surface area contributed by atoms with Crippen LogP contribution in [-0.4, -0.2) is 49.4 Å². The zero-order chi connectivity index (χ0) is 26.5. The molecule has 0 radical (unpaired) electrons. The van der Waals surface area contributed by atoms with E-state index in [1.165, 1.54) is 5.56 Å². The van der Waals surface area contributed by atoms with Gasteiger partial charge in [-0.2, -0.15) is 9.61 Å². The molecular weight excluding hydrogens is 482 g/mol. The maximum atomic E-state index is 9.69. The molecule has 0 spiro atoms. The standard InChI is InChI=1S/C28H39N7OS/c1-5-21(9-10-30-22(6-2)12-18(4)36)31-16-25-26(37)27(29)35-28(34-25)23(15-33-35)20-13-19-11-17(3)7-8-24(19)32-14-20/h7-8,11,13-15,18,21-22,30-31,36-37H,5-6,9-10,12,16,29H2,1-4H3. The van der Waals surface area contributed by atoms with Crippen molar-refractivity contribution >= 4 is 35.0 Å². The number of nitrogen functional groups attached to an aromatic ring is 1. The number of nitrogens with one attached hydrogen (secondary N) is 2. The van der Waals surface area contributed by atoms with Gasteiger partial charge in [-0.05, 0) is 64.3 Å². The fraction of sp³-hybridized carbons (Fsp3) is 0.464. The molecule has 4 aromatic rings. The van der Waals surface area contributed by atoms with Crippen molar-refractivity contribution in [3.8, 4) is 11.1 Å². The molecule has 9 heteroatoms. The summed E-state index contributed by atoms with van der Waals surface area (Å²) in [5, 5.41) is 22.5. The molecule has 0 fully saturated rings. The van der Waals surface area contributed by atoms with E-state index in [1.807, 2.05) is 19.2 Å². The molecule has 0 aliphatic heterocycles. The first-order valence-corrected chi connectivity index (χ1v) is 13.6. The van der Waals surface area contributed by atoms with Gasteiger partial charge in [0.05, 0.1) is 28.4 Å². The average molecular weight is 522 g/mol. The minimum absolute atomic E-state index is 0.291. The van der Waals surface area contributed by atoms with E-state index < -0.39 is 0 Å². The van der Waals surface area contributed by atoms with E-state index in [0.29, 0.717) is 35.0 Å². The largest absolute Gasteiger partial charge is 0.393 e. The summed E-state index contributed by atoms with van der Waals surface area (Å²) in [5.41, 5.74) is 11.9. The quantitative estimate of drug-likeness (QED) is 0.174. The van der Waals surface area contributed by atoms with Gasteiger partial charge in [0.2, 0.25) is 0 Å². The number of thiol groups is 1. The predicted molar refractivity (Wildman–Crippen MR) is 154 cm³/mol. The third-order valence-corrected chi connectivity index (χ3v) is 7.46. The second kappa shape index (κ2) is 12.2. The van der Waals surface area contributed by atoms with Crippen molar-refractivity contribution in [2.45, 2.75) is 83.0 Å². The van der Waals surface area contributed by atoms with Gasteiger partial charge in [0.25, 0.3) is 0 Å². The molecule has 1 aromatic carbocycles. The lowest BCUT2D eigenvalue weighted by Crippen LogP contribution is -2.36. The zero-order valence-electron chi connectivity index (χ0n) is 22.2. The van der Waals surface area contributed by atoms with E-state index in [4.69, 9.17) is 10.7 Å². The van der Waals surface area contributed by atoms with Crippen molar-refractivity contribution < 1.29 is 5.11 Å². The first-order chi connectivity index (χ1) is 17.8. The van der Waals surface area contributed by atoms with Crippen molar-refractivity contribution in [3.05, 3.63) is 47.9 Å². The number of pyridine rings is 1. The van der Waals surface area contributed by atoms with Gasteiger partial charge in [0, 0.05) is 41.3 Å². The summed E-state index contributed by atoms with van der Waals surface area (Å²) in [6.07, 6.45) is 7.11. The summed E-state index contributed by atoms with van der Waals surface area (Å²) in [6.45, 7) is 9.70. The van der Waals surface area contributed by atoms with Gasteiger partial charge in [-0.3, -0.25) is 4.98 Å². The van der Waals surface area contributed by atoms with Gasteiger partial charge < -0.3 is 21.5 Å². The van der Waals surface area contributed by atoms with Crippen LogP contribution < -0.4 is 16.4 Å². The summed E-state index contributed by atoms with van der Waals surface area (Å²) >= 11 is 4.68. The maximum Gasteiger partial charge on any atom is 0.165 e. The number of anilines is 1. The Morgan fingerprint density at radius 3 is 2.62 bits per heavy atom. The van der Waals surface area contributed by atoms with E-state index in [0.717, 1.165) is 60.0 Å². The maximum absolute atomic E-state index is 9.69. The topological polar surface area (TPSA) is 113 Å². The summed E-state index contributed by atoms with van der Waals surface area (Å²) in [7, 11) is 0. The minimum atomic E-state index is -0.291. The van der Waals surface area contributed by atoms with Gasteiger partial charge in [0.15, 0.2) is 5.65 Å². The van der Waals surface area contributed by atoms with Gasteiger partial charge in [-0.1, -0.05) is 25.5 Å². The molecule has 0 saturated heterocycles. The molecule has 0 saturated carbocycles. The fourth-order valence-electron chi connectivity index (χ4n) is 4.74. The average Bonchev–Trinajstić information content (AvgIpc) is 3.31. The Morgan fingerprint density at radius 1 is 1.11 bits per heavy atom. The second-order valence-corrected chi connectivity index (χ2v) is 10.4. The van der Waals surface area contributed by atoms with E-state index in [1.54, 1.807) is 10.7 Å². The molecule has 0 bridgehead atoms. The Balaban J connectivity index is 1.52. The van der Waals surface area contributed by atoms with E-state index in [9.17, 15) is 5.11 Å². The van der Waals surface area contributed by atoms with Gasteiger partial charge >= 0.3 is 0 Å². The van der Waals surface area contributed by atoms with Crippen LogP contribution in [0.2, 0.25) is 0 Å². The number of aliphatic hydroxyl groups excluding tert-OH is 1. The van der Waals surface area contributed by atoms with Gasteiger partial charge in [-0.25, -0.2) is 4.98 Å². The number of aliphatic hydroxyl groups is 1. The van der Waals surface area contributed by atoms with Crippen LogP contribution in [0.4, 0.5) is 5.82 Å². The van der Waals surface area contributed by atoms with Gasteiger partial charge in [0.1, 0.15) is 5.82 Å². The van der Waals surface area contributed by atoms with Crippen LogP contribution in [0, 0.1) is 6.92 Å². The molecule has 3 atom stereocenters. The molecule has 198 valence electrons. The Morgan fingerprint density at radius 2 is 1.89 bits per heavy atom.